The summed E-state index contributed by atoms with van der Waals surface area (Å²) in [5.74, 6) is -0.645. The standard InChI is InChI=1S/C15H19ClFN3O2.ClH/c16-13-10-11(17)3-4-12(13)15(22)20-8-6-19(7-9-20)14(21)2-1-5-18;/h3-4,10H,1-2,5-9,18H2;1H. The van der Waals surface area contributed by atoms with Gasteiger partial charge < -0.3 is 15.5 Å². The van der Waals surface area contributed by atoms with Crippen LogP contribution in [0.15, 0.2) is 18.2 Å². The van der Waals surface area contributed by atoms with E-state index in [1.807, 2.05) is 0 Å². The lowest BCUT2D eigenvalue weighted by molar-refractivity contribution is -0.132. The monoisotopic (exact) mass is 363 g/mol. The number of rotatable bonds is 4. The normalized spacial score (nSPS) is 14.4. The van der Waals surface area contributed by atoms with Crippen LogP contribution in [-0.2, 0) is 4.79 Å². The summed E-state index contributed by atoms with van der Waals surface area (Å²) in [5.41, 5.74) is 5.68. The maximum atomic E-state index is 13.0. The second-order valence-corrected chi connectivity index (χ2v) is 5.60. The molecule has 8 heteroatoms. The third-order valence-corrected chi connectivity index (χ3v) is 3.99. The summed E-state index contributed by atoms with van der Waals surface area (Å²) in [5, 5.41) is 0.103. The molecule has 128 valence electrons. The van der Waals surface area contributed by atoms with Crippen LogP contribution in [0.5, 0.6) is 0 Å². The number of carbonyl (C=O) groups is 2. The van der Waals surface area contributed by atoms with Gasteiger partial charge >= 0.3 is 0 Å². The van der Waals surface area contributed by atoms with Crippen molar-refractivity contribution in [3.05, 3.63) is 34.6 Å². The van der Waals surface area contributed by atoms with Gasteiger partial charge in [-0.15, -0.1) is 12.4 Å². The number of piperazine rings is 1. The van der Waals surface area contributed by atoms with Crippen molar-refractivity contribution in [1.29, 1.82) is 0 Å². The van der Waals surface area contributed by atoms with Crippen LogP contribution in [0.4, 0.5) is 4.39 Å². The van der Waals surface area contributed by atoms with Gasteiger partial charge in [0.15, 0.2) is 0 Å². The third kappa shape index (κ3) is 5.06. The van der Waals surface area contributed by atoms with Gasteiger partial charge in [0.25, 0.3) is 5.91 Å². The molecule has 0 atom stereocenters. The van der Waals surface area contributed by atoms with Gasteiger partial charge in [-0.1, -0.05) is 11.6 Å². The van der Waals surface area contributed by atoms with E-state index < -0.39 is 5.82 Å². The Morgan fingerprint density at radius 2 is 1.78 bits per heavy atom. The van der Waals surface area contributed by atoms with Crippen LogP contribution >= 0.6 is 24.0 Å². The average molecular weight is 364 g/mol. The molecule has 1 fully saturated rings. The fraction of sp³-hybridized carbons (Fsp3) is 0.467. The van der Waals surface area contributed by atoms with E-state index in [0.29, 0.717) is 45.6 Å². The number of hydrogen-bond acceptors (Lipinski definition) is 3. The van der Waals surface area contributed by atoms with E-state index in [0.717, 1.165) is 6.07 Å². The van der Waals surface area contributed by atoms with E-state index >= 15 is 0 Å². The van der Waals surface area contributed by atoms with Crippen LogP contribution in [0.3, 0.4) is 0 Å². The van der Waals surface area contributed by atoms with Crippen molar-refractivity contribution in [3.63, 3.8) is 0 Å². The highest BCUT2D eigenvalue weighted by molar-refractivity contribution is 6.33. The molecule has 0 bridgehead atoms. The van der Waals surface area contributed by atoms with Gasteiger partial charge in [0, 0.05) is 32.6 Å². The quantitative estimate of drug-likeness (QED) is 0.888. The Morgan fingerprint density at radius 3 is 2.35 bits per heavy atom. The first kappa shape index (κ1) is 19.7. The first-order chi connectivity index (χ1) is 10.5. The molecule has 0 spiro atoms. The largest absolute Gasteiger partial charge is 0.339 e. The van der Waals surface area contributed by atoms with Crippen LogP contribution in [0.25, 0.3) is 0 Å². The summed E-state index contributed by atoms with van der Waals surface area (Å²) >= 11 is 5.92. The maximum absolute atomic E-state index is 13.0. The summed E-state index contributed by atoms with van der Waals surface area (Å²) < 4.78 is 13.0. The van der Waals surface area contributed by atoms with Crippen molar-refractivity contribution in [2.75, 3.05) is 32.7 Å². The minimum atomic E-state index is -0.475. The Hall–Kier alpha value is -1.37. The van der Waals surface area contributed by atoms with Crippen LogP contribution < -0.4 is 5.73 Å². The molecule has 1 aliphatic heterocycles. The number of benzene rings is 1. The Labute approximate surface area is 146 Å². The van der Waals surface area contributed by atoms with Gasteiger partial charge in [0.1, 0.15) is 5.82 Å². The van der Waals surface area contributed by atoms with E-state index in [1.165, 1.54) is 12.1 Å². The van der Waals surface area contributed by atoms with Gasteiger partial charge in [0.2, 0.25) is 5.91 Å². The second-order valence-electron chi connectivity index (χ2n) is 5.19. The molecular formula is C15H20Cl2FN3O2. The van der Waals surface area contributed by atoms with E-state index in [-0.39, 0.29) is 34.8 Å². The fourth-order valence-corrected chi connectivity index (χ4v) is 2.65. The molecule has 1 aromatic carbocycles. The van der Waals surface area contributed by atoms with Crippen molar-refractivity contribution in [1.82, 2.24) is 9.80 Å². The SMILES string of the molecule is Cl.NCCCC(=O)N1CCN(C(=O)c2ccc(F)cc2Cl)CC1. The van der Waals surface area contributed by atoms with Crippen LogP contribution in [0, 0.1) is 5.82 Å². The first-order valence-corrected chi connectivity index (χ1v) is 7.63. The minimum Gasteiger partial charge on any atom is -0.339 e. The number of carbonyl (C=O) groups excluding carboxylic acids is 2. The van der Waals surface area contributed by atoms with Gasteiger partial charge in [-0.2, -0.15) is 0 Å². The van der Waals surface area contributed by atoms with Crippen molar-refractivity contribution in [2.24, 2.45) is 5.73 Å². The fourth-order valence-electron chi connectivity index (χ4n) is 2.40. The Morgan fingerprint density at radius 1 is 1.17 bits per heavy atom. The zero-order valence-corrected chi connectivity index (χ0v) is 14.2. The van der Waals surface area contributed by atoms with Gasteiger partial charge in [0.05, 0.1) is 10.6 Å². The maximum Gasteiger partial charge on any atom is 0.255 e. The molecule has 0 unspecified atom stereocenters. The molecule has 1 aliphatic rings. The summed E-state index contributed by atoms with van der Waals surface area (Å²) in [4.78, 5) is 27.7. The number of nitrogens with two attached hydrogens (primary N) is 1. The van der Waals surface area contributed by atoms with Gasteiger partial charge in [-0.3, -0.25) is 9.59 Å². The molecule has 0 aromatic heterocycles. The highest BCUT2D eigenvalue weighted by Gasteiger charge is 2.25. The van der Waals surface area contributed by atoms with Crippen LogP contribution in [-0.4, -0.2) is 54.3 Å². The molecule has 2 rings (SSSR count). The number of halogens is 3. The zero-order chi connectivity index (χ0) is 16.1. The first-order valence-electron chi connectivity index (χ1n) is 7.25. The lowest BCUT2D eigenvalue weighted by atomic mass is 10.1. The number of nitrogens with zero attached hydrogens (tertiary/aromatic N) is 2. The van der Waals surface area contributed by atoms with Gasteiger partial charge in [-0.25, -0.2) is 4.39 Å². The summed E-state index contributed by atoms with van der Waals surface area (Å²) in [6.07, 6.45) is 1.11. The predicted octanol–water partition coefficient (Wildman–Crippen LogP) is 1.92. The number of hydrogen-bond donors (Lipinski definition) is 1. The highest BCUT2D eigenvalue weighted by Crippen LogP contribution is 2.20. The molecule has 0 aliphatic carbocycles. The molecule has 1 aromatic rings. The van der Waals surface area contributed by atoms with Crippen molar-refractivity contribution in [2.45, 2.75) is 12.8 Å². The molecule has 2 N–H and O–H groups in total. The lowest BCUT2D eigenvalue weighted by Gasteiger charge is -2.35. The zero-order valence-electron chi connectivity index (χ0n) is 12.6. The van der Waals surface area contributed by atoms with Crippen LogP contribution in [0.1, 0.15) is 23.2 Å². The summed E-state index contributed by atoms with van der Waals surface area (Å²) in [7, 11) is 0. The third-order valence-electron chi connectivity index (χ3n) is 3.68. The van der Waals surface area contributed by atoms with E-state index in [1.54, 1.807) is 9.80 Å². The second kappa shape index (κ2) is 9.05. The van der Waals surface area contributed by atoms with Crippen LogP contribution in [0.2, 0.25) is 5.02 Å². The molecule has 0 saturated carbocycles. The number of amides is 2. The molecule has 1 saturated heterocycles. The van der Waals surface area contributed by atoms with E-state index in [2.05, 4.69) is 0 Å². The van der Waals surface area contributed by atoms with E-state index in [9.17, 15) is 14.0 Å². The van der Waals surface area contributed by atoms with E-state index in [4.69, 9.17) is 17.3 Å². The lowest BCUT2D eigenvalue weighted by Crippen LogP contribution is -2.50. The van der Waals surface area contributed by atoms with Crippen molar-refractivity contribution >= 4 is 35.8 Å². The molecule has 2 amide bonds. The molecule has 0 radical (unpaired) electrons. The Kier molecular flexibility index (Phi) is 7.75. The van der Waals surface area contributed by atoms with Crippen molar-refractivity contribution in [3.8, 4) is 0 Å². The summed E-state index contributed by atoms with van der Waals surface area (Å²) in [6, 6.07) is 3.73. The smallest absolute Gasteiger partial charge is 0.255 e. The minimum absolute atomic E-state index is 0. The molecule has 1 heterocycles. The average Bonchev–Trinajstić information content (AvgIpc) is 2.52. The predicted molar refractivity (Wildman–Crippen MR) is 89.4 cm³/mol. The Bertz CT molecular complexity index is 564. The Balaban J connectivity index is 0.00000264. The van der Waals surface area contributed by atoms with Gasteiger partial charge in [-0.05, 0) is 31.2 Å². The van der Waals surface area contributed by atoms with Crippen molar-refractivity contribution < 1.29 is 14.0 Å². The molecule has 5 nitrogen and oxygen atoms in total. The molecular weight excluding hydrogens is 344 g/mol. The molecule has 23 heavy (non-hydrogen) atoms. The topological polar surface area (TPSA) is 66.6 Å². The highest BCUT2D eigenvalue weighted by atomic mass is 35.5. The summed E-state index contributed by atoms with van der Waals surface area (Å²) in [6.45, 7) is 2.37.